The fraction of sp³-hybridized carbons (Fsp3) is 0.0435. The number of nitrogens with zero attached hydrogens (tertiary/aromatic N) is 1. The van der Waals surface area contributed by atoms with Crippen LogP contribution in [0.15, 0.2) is 82.3 Å². The highest BCUT2D eigenvalue weighted by Crippen LogP contribution is 2.31. The number of benzene rings is 3. The van der Waals surface area contributed by atoms with Gasteiger partial charge in [0.2, 0.25) is 5.91 Å². The molecular formula is C23H16Cl2N2O2. The molecule has 0 fully saturated rings. The van der Waals surface area contributed by atoms with Gasteiger partial charge in [0, 0.05) is 10.6 Å². The zero-order valence-electron chi connectivity index (χ0n) is 15.2. The number of halogens is 2. The van der Waals surface area contributed by atoms with Gasteiger partial charge in [-0.3, -0.25) is 4.79 Å². The molecule has 4 rings (SSSR count). The van der Waals surface area contributed by atoms with Gasteiger partial charge >= 0.3 is 0 Å². The standard InChI is InChI=1S/C23H16Cl2N2O2/c24-17-8-10-21(25)20(13-17)22-11-9-18(29-22)14-26-27-23(28)12-16-6-3-5-15-4-1-2-7-19(15)16/h1-11,13-14H,12H2,(H,27,28)/b26-14+. The molecule has 6 heteroatoms. The smallest absolute Gasteiger partial charge is 0.244 e. The highest BCUT2D eigenvalue weighted by Gasteiger charge is 2.09. The first-order valence-corrected chi connectivity index (χ1v) is 9.69. The summed E-state index contributed by atoms with van der Waals surface area (Å²) in [4.78, 5) is 12.3. The topological polar surface area (TPSA) is 54.6 Å². The number of fused-ring (bicyclic) bond motifs is 1. The molecular weight excluding hydrogens is 407 g/mol. The average molecular weight is 423 g/mol. The number of carbonyl (C=O) groups excluding carboxylic acids is 1. The van der Waals surface area contributed by atoms with Crippen LogP contribution in [0.25, 0.3) is 22.1 Å². The van der Waals surface area contributed by atoms with Crippen molar-refractivity contribution in [1.82, 2.24) is 5.43 Å². The Kier molecular flexibility index (Phi) is 5.65. The zero-order chi connectivity index (χ0) is 20.2. The van der Waals surface area contributed by atoms with E-state index in [4.69, 9.17) is 27.6 Å². The summed E-state index contributed by atoms with van der Waals surface area (Å²) in [5.74, 6) is 0.852. The Labute approximate surface area is 177 Å². The van der Waals surface area contributed by atoms with Gasteiger partial charge in [-0.25, -0.2) is 5.43 Å². The Morgan fingerprint density at radius 1 is 1.00 bits per heavy atom. The van der Waals surface area contributed by atoms with E-state index in [9.17, 15) is 4.79 Å². The summed E-state index contributed by atoms with van der Waals surface area (Å²) < 4.78 is 5.72. The van der Waals surface area contributed by atoms with Crippen LogP contribution in [-0.4, -0.2) is 12.1 Å². The third kappa shape index (κ3) is 4.50. The Bertz CT molecular complexity index is 1210. The van der Waals surface area contributed by atoms with Crippen molar-refractivity contribution in [3.63, 3.8) is 0 Å². The number of furan rings is 1. The summed E-state index contributed by atoms with van der Waals surface area (Å²) in [6, 6.07) is 22.6. The average Bonchev–Trinajstić information content (AvgIpc) is 3.19. The van der Waals surface area contributed by atoms with Crippen molar-refractivity contribution >= 4 is 46.1 Å². The minimum Gasteiger partial charge on any atom is -0.455 e. The van der Waals surface area contributed by atoms with E-state index >= 15 is 0 Å². The number of carbonyl (C=O) groups is 1. The molecule has 144 valence electrons. The van der Waals surface area contributed by atoms with E-state index in [-0.39, 0.29) is 12.3 Å². The Balaban J connectivity index is 1.42. The summed E-state index contributed by atoms with van der Waals surface area (Å²) >= 11 is 12.2. The van der Waals surface area contributed by atoms with Crippen molar-refractivity contribution in [3.05, 3.63) is 94.2 Å². The SMILES string of the molecule is O=C(Cc1cccc2ccccc12)N/N=C/c1ccc(-c2cc(Cl)ccc2Cl)o1. The molecule has 3 aromatic carbocycles. The fourth-order valence-electron chi connectivity index (χ4n) is 3.08. The molecule has 4 aromatic rings. The summed E-state index contributed by atoms with van der Waals surface area (Å²) in [7, 11) is 0. The molecule has 4 nitrogen and oxygen atoms in total. The van der Waals surface area contributed by atoms with Crippen LogP contribution in [0.2, 0.25) is 10.0 Å². The molecule has 0 unspecified atom stereocenters. The number of rotatable bonds is 5. The summed E-state index contributed by atoms with van der Waals surface area (Å²) in [6.07, 6.45) is 1.68. The van der Waals surface area contributed by atoms with Gasteiger partial charge in [0.1, 0.15) is 11.5 Å². The first-order valence-electron chi connectivity index (χ1n) is 8.94. The van der Waals surface area contributed by atoms with Crippen molar-refractivity contribution in [3.8, 4) is 11.3 Å². The van der Waals surface area contributed by atoms with Crippen LogP contribution in [0.3, 0.4) is 0 Å². The molecule has 0 spiro atoms. The number of amides is 1. The van der Waals surface area contributed by atoms with Crippen LogP contribution < -0.4 is 5.43 Å². The normalized spacial score (nSPS) is 11.2. The monoisotopic (exact) mass is 422 g/mol. The highest BCUT2D eigenvalue weighted by atomic mass is 35.5. The summed E-state index contributed by atoms with van der Waals surface area (Å²) in [5.41, 5.74) is 4.18. The third-order valence-corrected chi connectivity index (χ3v) is 5.00. The largest absolute Gasteiger partial charge is 0.455 e. The lowest BCUT2D eigenvalue weighted by atomic mass is 10.0. The van der Waals surface area contributed by atoms with Gasteiger partial charge in [-0.15, -0.1) is 0 Å². The molecule has 0 aliphatic carbocycles. The van der Waals surface area contributed by atoms with Crippen LogP contribution in [0.5, 0.6) is 0 Å². The van der Waals surface area contributed by atoms with E-state index in [1.165, 1.54) is 6.21 Å². The van der Waals surface area contributed by atoms with Crippen molar-refractivity contribution in [2.75, 3.05) is 0 Å². The number of nitrogens with one attached hydrogen (secondary N) is 1. The molecule has 1 N–H and O–H groups in total. The Morgan fingerprint density at radius 2 is 1.83 bits per heavy atom. The lowest BCUT2D eigenvalue weighted by Gasteiger charge is -2.05. The van der Waals surface area contributed by atoms with Crippen LogP contribution in [-0.2, 0) is 11.2 Å². The fourth-order valence-corrected chi connectivity index (χ4v) is 3.46. The third-order valence-electron chi connectivity index (χ3n) is 4.43. The molecule has 1 heterocycles. The van der Waals surface area contributed by atoms with Crippen molar-refractivity contribution < 1.29 is 9.21 Å². The Hall–Kier alpha value is -3.08. The molecule has 0 aliphatic rings. The molecule has 0 atom stereocenters. The first-order chi connectivity index (χ1) is 14.1. The molecule has 0 radical (unpaired) electrons. The van der Waals surface area contributed by atoms with Crippen molar-refractivity contribution in [2.24, 2.45) is 5.10 Å². The number of hydrogen-bond donors (Lipinski definition) is 1. The van der Waals surface area contributed by atoms with Gasteiger partial charge in [-0.1, -0.05) is 65.7 Å². The van der Waals surface area contributed by atoms with E-state index in [0.29, 0.717) is 27.1 Å². The quantitative estimate of drug-likeness (QED) is 0.312. The number of hydrazone groups is 1. The van der Waals surface area contributed by atoms with Gasteiger partial charge in [-0.2, -0.15) is 5.10 Å². The van der Waals surface area contributed by atoms with Crippen molar-refractivity contribution in [1.29, 1.82) is 0 Å². The zero-order valence-corrected chi connectivity index (χ0v) is 16.7. The molecule has 1 amide bonds. The van der Waals surface area contributed by atoms with E-state index in [1.54, 1.807) is 30.3 Å². The first kappa shape index (κ1) is 19.2. The van der Waals surface area contributed by atoms with Crippen LogP contribution in [0.4, 0.5) is 0 Å². The second-order valence-electron chi connectivity index (χ2n) is 6.43. The van der Waals surface area contributed by atoms with Crippen LogP contribution >= 0.6 is 23.2 Å². The minimum absolute atomic E-state index is 0.206. The van der Waals surface area contributed by atoms with Gasteiger partial charge in [0.15, 0.2) is 0 Å². The lowest BCUT2D eigenvalue weighted by molar-refractivity contribution is -0.120. The van der Waals surface area contributed by atoms with Gasteiger partial charge in [-0.05, 0) is 46.7 Å². The van der Waals surface area contributed by atoms with Gasteiger partial charge < -0.3 is 4.42 Å². The van der Waals surface area contributed by atoms with Gasteiger partial charge in [0.25, 0.3) is 0 Å². The maximum atomic E-state index is 12.3. The predicted molar refractivity (Wildman–Crippen MR) is 118 cm³/mol. The van der Waals surface area contributed by atoms with E-state index in [1.807, 2.05) is 42.5 Å². The predicted octanol–water partition coefficient (Wildman–Crippen LogP) is 6.10. The Morgan fingerprint density at radius 3 is 2.72 bits per heavy atom. The molecule has 29 heavy (non-hydrogen) atoms. The molecule has 0 bridgehead atoms. The maximum absolute atomic E-state index is 12.3. The number of hydrogen-bond acceptors (Lipinski definition) is 3. The summed E-state index contributed by atoms with van der Waals surface area (Å²) in [6.45, 7) is 0. The lowest BCUT2D eigenvalue weighted by Crippen LogP contribution is -2.19. The molecule has 1 aromatic heterocycles. The van der Waals surface area contributed by atoms with Crippen molar-refractivity contribution in [2.45, 2.75) is 6.42 Å². The summed E-state index contributed by atoms with van der Waals surface area (Å²) in [5, 5.41) is 7.25. The van der Waals surface area contributed by atoms with Crippen LogP contribution in [0.1, 0.15) is 11.3 Å². The second kappa shape index (κ2) is 8.52. The maximum Gasteiger partial charge on any atom is 0.244 e. The van der Waals surface area contributed by atoms with E-state index < -0.39 is 0 Å². The van der Waals surface area contributed by atoms with E-state index in [0.717, 1.165) is 16.3 Å². The van der Waals surface area contributed by atoms with Crippen LogP contribution in [0, 0.1) is 0 Å². The molecule has 0 saturated carbocycles. The second-order valence-corrected chi connectivity index (χ2v) is 7.28. The van der Waals surface area contributed by atoms with E-state index in [2.05, 4.69) is 10.5 Å². The molecule has 0 saturated heterocycles. The molecule has 0 aliphatic heterocycles. The van der Waals surface area contributed by atoms with Gasteiger partial charge in [0.05, 0.1) is 17.7 Å². The highest BCUT2D eigenvalue weighted by molar-refractivity contribution is 6.35. The minimum atomic E-state index is -0.206.